The van der Waals surface area contributed by atoms with E-state index in [1.165, 1.54) is 0 Å². The fourth-order valence-corrected chi connectivity index (χ4v) is 2.87. The summed E-state index contributed by atoms with van der Waals surface area (Å²) in [5.74, 6) is -0.380. The third kappa shape index (κ3) is 4.35. The average molecular weight is 343 g/mol. The Labute approximate surface area is 148 Å². The number of ketones is 1. The number of methoxy groups -OCH3 is 1. The number of benzene rings is 1. The van der Waals surface area contributed by atoms with Crippen molar-refractivity contribution < 1.29 is 14.3 Å². The molecule has 0 atom stereocenters. The van der Waals surface area contributed by atoms with Crippen LogP contribution < -0.4 is 5.73 Å². The van der Waals surface area contributed by atoms with Gasteiger partial charge in [0.2, 0.25) is 5.91 Å². The SMILES string of the molecule is COCCN(C)CC(=O)c1cc(C)n(-c2ccc(C(N)=O)cc2)c1C. The van der Waals surface area contributed by atoms with Gasteiger partial charge in [0.25, 0.3) is 0 Å². The second-order valence-corrected chi connectivity index (χ2v) is 6.19. The van der Waals surface area contributed by atoms with Crippen LogP contribution in [0.2, 0.25) is 0 Å². The summed E-state index contributed by atoms with van der Waals surface area (Å²) in [5, 5.41) is 0. The first-order chi connectivity index (χ1) is 11.8. The second-order valence-electron chi connectivity index (χ2n) is 6.19. The van der Waals surface area contributed by atoms with Crippen molar-refractivity contribution in [3.05, 3.63) is 52.8 Å². The van der Waals surface area contributed by atoms with E-state index in [1.54, 1.807) is 19.2 Å². The van der Waals surface area contributed by atoms with Crippen LogP contribution in [0.1, 0.15) is 32.1 Å². The molecule has 0 spiro atoms. The summed E-state index contributed by atoms with van der Waals surface area (Å²) in [6, 6.07) is 8.95. The second kappa shape index (κ2) is 8.09. The molecule has 1 amide bonds. The number of aryl methyl sites for hydroxylation is 1. The highest BCUT2D eigenvalue weighted by molar-refractivity contribution is 5.99. The van der Waals surface area contributed by atoms with Crippen LogP contribution >= 0.6 is 0 Å². The number of hydrogen-bond donors (Lipinski definition) is 1. The van der Waals surface area contributed by atoms with E-state index in [0.717, 1.165) is 17.1 Å². The number of aromatic nitrogens is 1. The predicted molar refractivity (Wildman–Crippen MR) is 97.5 cm³/mol. The number of primary amides is 1. The molecule has 25 heavy (non-hydrogen) atoms. The van der Waals surface area contributed by atoms with Crippen molar-refractivity contribution in [3.8, 4) is 5.69 Å². The van der Waals surface area contributed by atoms with Crippen LogP contribution in [-0.4, -0.2) is 55.0 Å². The summed E-state index contributed by atoms with van der Waals surface area (Å²) >= 11 is 0. The number of carbonyl (C=O) groups is 2. The van der Waals surface area contributed by atoms with Gasteiger partial charge in [-0.1, -0.05) is 0 Å². The molecule has 134 valence electrons. The van der Waals surface area contributed by atoms with Gasteiger partial charge < -0.3 is 15.0 Å². The maximum atomic E-state index is 12.6. The third-order valence-corrected chi connectivity index (χ3v) is 4.23. The first-order valence-electron chi connectivity index (χ1n) is 8.15. The fourth-order valence-electron chi connectivity index (χ4n) is 2.87. The van der Waals surface area contributed by atoms with E-state index in [0.29, 0.717) is 30.8 Å². The van der Waals surface area contributed by atoms with Crippen LogP contribution in [0.4, 0.5) is 0 Å². The molecule has 2 rings (SSSR count). The van der Waals surface area contributed by atoms with Gasteiger partial charge >= 0.3 is 0 Å². The first kappa shape index (κ1) is 18.9. The summed E-state index contributed by atoms with van der Waals surface area (Å²) in [4.78, 5) is 25.8. The molecule has 0 saturated heterocycles. The summed E-state index contributed by atoms with van der Waals surface area (Å²) in [7, 11) is 3.55. The van der Waals surface area contributed by atoms with Crippen LogP contribution in [-0.2, 0) is 4.74 Å². The summed E-state index contributed by atoms with van der Waals surface area (Å²) < 4.78 is 7.05. The minimum absolute atomic E-state index is 0.0757. The fraction of sp³-hybridized carbons (Fsp3) is 0.368. The lowest BCUT2D eigenvalue weighted by Gasteiger charge is -2.15. The number of hydrogen-bond acceptors (Lipinski definition) is 4. The van der Waals surface area contributed by atoms with Crippen LogP contribution in [0.5, 0.6) is 0 Å². The maximum Gasteiger partial charge on any atom is 0.248 e. The van der Waals surface area contributed by atoms with E-state index in [4.69, 9.17) is 10.5 Å². The van der Waals surface area contributed by atoms with Crippen LogP contribution in [0.15, 0.2) is 30.3 Å². The monoisotopic (exact) mass is 343 g/mol. The third-order valence-electron chi connectivity index (χ3n) is 4.23. The molecule has 1 aromatic heterocycles. The molecule has 0 aliphatic rings. The van der Waals surface area contributed by atoms with E-state index in [9.17, 15) is 9.59 Å². The molecule has 6 nitrogen and oxygen atoms in total. The lowest BCUT2D eigenvalue weighted by Crippen LogP contribution is -2.29. The highest BCUT2D eigenvalue weighted by Crippen LogP contribution is 2.22. The van der Waals surface area contributed by atoms with Crippen molar-refractivity contribution >= 4 is 11.7 Å². The number of carbonyl (C=O) groups excluding carboxylic acids is 2. The number of Topliss-reactive ketones (excluding diaryl/α,β-unsaturated/α-hetero) is 1. The molecule has 2 N–H and O–H groups in total. The standard InChI is InChI=1S/C19H25N3O3/c1-13-11-17(18(23)12-21(3)9-10-25-4)14(2)22(13)16-7-5-15(6-8-16)19(20)24/h5-8,11H,9-10,12H2,1-4H3,(H2,20,24). The Kier molecular flexibility index (Phi) is 6.12. The van der Waals surface area contributed by atoms with Gasteiger partial charge in [-0.2, -0.15) is 0 Å². The number of rotatable bonds is 8. The van der Waals surface area contributed by atoms with Gasteiger partial charge in [0.05, 0.1) is 13.2 Å². The van der Waals surface area contributed by atoms with Crippen LogP contribution in [0.3, 0.4) is 0 Å². The average Bonchev–Trinajstić information content (AvgIpc) is 2.87. The zero-order valence-electron chi connectivity index (χ0n) is 15.2. The number of amides is 1. The van der Waals surface area contributed by atoms with E-state index in [-0.39, 0.29) is 5.78 Å². The van der Waals surface area contributed by atoms with Crippen molar-refractivity contribution in [1.29, 1.82) is 0 Å². The van der Waals surface area contributed by atoms with Crippen molar-refractivity contribution in [3.63, 3.8) is 0 Å². The Hall–Kier alpha value is -2.44. The van der Waals surface area contributed by atoms with E-state index >= 15 is 0 Å². The zero-order valence-corrected chi connectivity index (χ0v) is 15.2. The smallest absolute Gasteiger partial charge is 0.248 e. The molecule has 1 aromatic carbocycles. The number of ether oxygens (including phenoxy) is 1. The number of nitrogens with zero attached hydrogens (tertiary/aromatic N) is 2. The van der Waals surface area contributed by atoms with Gasteiger partial charge in [-0.15, -0.1) is 0 Å². The van der Waals surface area contributed by atoms with Crippen molar-refractivity contribution in [1.82, 2.24) is 9.47 Å². The van der Waals surface area contributed by atoms with E-state index in [2.05, 4.69) is 0 Å². The summed E-state index contributed by atoms with van der Waals surface area (Å²) in [5.41, 5.74) is 9.20. The Morgan fingerprint density at radius 2 is 1.84 bits per heavy atom. The molecule has 1 heterocycles. The minimum atomic E-state index is -0.456. The van der Waals surface area contributed by atoms with Crippen molar-refractivity contribution in [2.45, 2.75) is 13.8 Å². The Balaban J connectivity index is 2.25. The molecular weight excluding hydrogens is 318 g/mol. The maximum absolute atomic E-state index is 12.6. The molecule has 0 aliphatic carbocycles. The summed E-state index contributed by atoms with van der Waals surface area (Å²) in [6.45, 7) is 5.52. The topological polar surface area (TPSA) is 77.6 Å². The molecule has 0 saturated carbocycles. The number of likely N-dealkylation sites (N-methyl/N-ethyl adjacent to an activating group) is 1. The Morgan fingerprint density at radius 3 is 2.40 bits per heavy atom. The lowest BCUT2D eigenvalue weighted by molar-refractivity contribution is 0.0921. The molecule has 6 heteroatoms. The van der Waals surface area contributed by atoms with Crippen molar-refractivity contribution in [2.24, 2.45) is 5.73 Å². The van der Waals surface area contributed by atoms with Gasteiger partial charge in [0.1, 0.15) is 0 Å². The highest BCUT2D eigenvalue weighted by atomic mass is 16.5. The molecule has 0 unspecified atom stereocenters. The molecule has 2 aromatic rings. The lowest BCUT2D eigenvalue weighted by atomic mass is 10.1. The van der Waals surface area contributed by atoms with Crippen LogP contribution in [0, 0.1) is 13.8 Å². The normalized spacial score (nSPS) is 11.1. The number of nitrogens with two attached hydrogens (primary N) is 1. The van der Waals surface area contributed by atoms with Gasteiger partial charge in [-0.05, 0) is 51.2 Å². The van der Waals surface area contributed by atoms with Gasteiger partial charge in [-0.25, -0.2) is 0 Å². The van der Waals surface area contributed by atoms with Crippen LogP contribution in [0.25, 0.3) is 5.69 Å². The Bertz CT molecular complexity index is 763. The first-order valence-corrected chi connectivity index (χ1v) is 8.15. The van der Waals surface area contributed by atoms with Gasteiger partial charge in [-0.3, -0.25) is 14.5 Å². The molecule has 0 fully saturated rings. The highest BCUT2D eigenvalue weighted by Gasteiger charge is 2.18. The Morgan fingerprint density at radius 1 is 1.20 bits per heavy atom. The molecular formula is C19H25N3O3. The summed E-state index contributed by atoms with van der Waals surface area (Å²) in [6.07, 6.45) is 0. The molecule has 0 radical (unpaired) electrons. The van der Waals surface area contributed by atoms with E-state index < -0.39 is 5.91 Å². The zero-order chi connectivity index (χ0) is 18.6. The quantitative estimate of drug-likeness (QED) is 0.743. The molecule has 0 aliphatic heterocycles. The largest absolute Gasteiger partial charge is 0.383 e. The van der Waals surface area contributed by atoms with E-state index in [1.807, 2.05) is 48.6 Å². The van der Waals surface area contributed by atoms with Crippen molar-refractivity contribution in [2.75, 3.05) is 33.9 Å². The predicted octanol–water partition coefficient (Wildman–Crippen LogP) is 1.95. The van der Waals surface area contributed by atoms with Gasteiger partial charge in [0, 0.05) is 41.9 Å². The molecule has 0 bridgehead atoms. The minimum Gasteiger partial charge on any atom is -0.383 e. The van der Waals surface area contributed by atoms with Gasteiger partial charge in [0.15, 0.2) is 5.78 Å².